The lowest BCUT2D eigenvalue weighted by Crippen LogP contribution is -2.70. The van der Waals surface area contributed by atoms with Crippen LogP contribution in [0.4, 0.5) is 9.52 Å². The van der Waals surface area contributed by atoms with E-state index >= 15 is 0 Å². The summed E-state index contributed by atoms with van der Waals surface area (Å²) in [5, 5.41) is 15.0. The number of hydrogen-bond acceptors (Lipinski definition) is 10. The number of halogens is 1. The average Bonchev–Trinajstić information content (AvgIpc) is 3.18. The van der Waals surface area contributed by atoms with Crippen LogP contribution < -0.4 is 15.9 Å². The largest absolute Gasteiger partial charge is 0.477 e. The minimum Gasteiger partial charge on any atom is -0.477 e. The highest BCUT2D eigenvalue weighted by molar-refractivity contribution is 8.00. The second-order valence-corrected chi connectivity index (χ2v) is 8.15. The Morgan fingerprint density at radius 1 is 1.35 bits per heavy atom. The van der Waals surface area contributed by atoms with Gasteiger partial charge >= 0.3 is 5.97 Å². The van der Waals surface area contributed by atoms with Crippen LogP contribution in [-0.4, -0.2) is 60.0 Å². The maximum atomic E-state index is 13.1. The number of nitrogens with zero attached hydrogens (tertiary/aromatic N) is 4. The van der Waals surface area contributed by atoms with Crippen LogP contribution in [0.25, 0.3) is 0 Å². The van der Waals surface area contributed by atoms with Crippen molar-refractivity contribution < 1.29 is 28.7 Å². The van der Waals surface area contributed by atoms with E-state index in [1.54, 1.807) is 0 Å². The van der Waals surface area contributed by atoms with Gasteiger partial charge in [0.2, 0.25) is 11.5 Å². The van der Waals surface area contributed by atoms with Crippen molar-refractivity contribution in [3.63, 3.8) is 0 Å². The Labute approximate surface area is 181 Å². The van der Waals surface area contributed by atoms with Gasteiger partial charge in [0, 0.05) is 17.3 Å². The lowest BCUT2D eigenvalue weighted by molar-refractivity contribution is -0.150. The maximum Gasteiger partial charge on any atom is 0.352 e. The van der Waals surface area contributed by atoms with Crippen LogP contribution in [0.5, 0.6) is 5.75 Å². The molecular weight excluding hydrogens is 451 g/mol. The third-order valence-corrected chi connectivity index (χ3v) is 6.00. The maximum absolute atomic E-state index is 13.1. The molecule has 0 bridgehead atoms. The van der Waals surface area contributed by atoms with Gasteiger partial charge in [-0.25, -0.2) is 9.18 Å². The summed E-state index contributed by atoms with van der Waals surface area (Å²) in [6.45, 7) is 0. The molecule has 14 heteroatoms. The van der Waals surface area contributed by atoms with E-state index in [9.17, 15) is 23.9 Å². The van der Waals surface area contributed by atoms with E-state index in [0.717, 1.165) is 28.6 Å². The summed E-state index contributed by atoms with van der Waals surface area (Å²) in [4.78, 5) is 46.8. The number of β-lactam (4-membered cyclic amide) rings is 1. The number of rotatable bonds is 6. The molecule has 160 valence electrons. The number of anilines is 1. The molecule has 11 nitrogen and oxygen atoms in total. The summed E-state index contributed by atoms with van der Waals surface area (Å²) in [5.74, 6) is -2.67. The summed E-state index contributed by atoms with van der Waals surface area (Å²) < 4.78 is 17.0. The number of aromatic nitrogens is 2. The zero-order valence-corrected chi connectivity index (χ0v) is 17.0. The first-order chi connectivity index (χ1) is 14.8. The molecular formula is C17H13FN6O5S2. The summed E-state index contributed by atoms with van der Waals surface area (Å²) >= 11 is 2.14. The highest BCUT2D eigenvalue weighted by Gasteiger charge is 2.53. The molecule has 4 rings (SSSR count). The van der Waals surface area contributed by atoms with Gasteiger partial charge in [-0.1, -0.05) is 5.16 Å². The highest BCUT2D eigenvalue weighted by Crippen LogP contribution is 2.37. The van der Waals surface area contributed by atoms with E-state index in [1.807, 2.05) is 0 Å². The Kier molecular flexibility index (Phi) is 5.56. The Balaban J connectivity index is 1.54. The molecule has 3 heterocycles. The summed E-state index contributed by atoms with van der Waals surface area (Å²) in [6, 6.07) is 3.96. The topological polar surface area (TPSA) is 160 Å². The third-order valence-electron chi connectivity index (χ3n) is 4.28. The Morgan fingerprint density at radius 2 is 2.10 bits per heavy atom. The van der Waals surface area contributed by atoms with Gasteiger partial charge < -0.3 is 21.0 Å². The van der Waals surface area contributed by atoms with Gasteiger partial charge in [-0.2, -0.15) is 9.36 Å². The number of oxime groups is 1. The lowest BCUT2D eigenvalue weighted by atomic mass is 10.0. The first-order valence-corrected chi connectivity index (χ1v) is 10.5. The molecule has 1 fully saturated rings. The zero-order valence-electron chi connectivity index (χ0n) is 15.4. The first kappa shape index (κ1) is 20.7. The smallest absolute Gasteiger partial charge is 0.352 e. The van der Waals surface area contributed by atoms with Crippen LogP contribution >= 0.6 is 23.3 Å². The second-order valence-electron chi connectivity index (χ2n) is 6.22. The van der Waals surface area contributed by atoms with Gasteiger partial charge in [0.15, 0.2) is 10.9 Å². The molecule has 1 aromatic heterocycles. The molecule has 0 radical (unpaired) electrons. The molecule has 2 aliphatic rings. The highest BCUT2D eigenvalue weighted by atomic mass is 32.2. The van der Waals surface area contributed by atoms with Crippen LogP contribution in [0, 0.1) is 5.82 Å². The molecule has 4 N–H and O–H groups in total. The molecule has 2 unspecified atom stereocenters. The Hall–Kier alpha value is -3.52. The fourth-order valence-electron chi connectivity index (χ4n) is 2.86. The van der Waals surface area contributed by atoms with Crippen LogP contribution in [0.3, 0.4) is 0 Å². The van der Waals surface area contributed by atoms with E-state index in [-0.39, 0.29) is 28.1 Å². The van der Waals surface area contributed by atoms with Crippen molar-refractivity contribution in [3.05, 3.63) is 47.7 Å². The predicted octanol–water partition coefficient (Wildman–Crippen LogP) is 0.411. The minimum atomic E-state index is -1.22. The van der Waals surface area contributed by atoms with Crippen molar-refractivity contribution in [1.29, 1.82) is 0 Å². The predicted molar refractivity (Wildman–Crippen MR) is 109 cm³/mol. The third kappa shape index (κ3) is 4.06. The van der Waals surface area contributed by atoms with Crippen LogP contribution in [0.1, 0.15) is 5.82 Å². The molecule has 2 atom stereocenters. The number of carboxylic acids is 1. The second kappa shape index (κ2) is 8.31. The van der Waals surface area contributed by atoms with Crippen LogP contribution in [0.2, 0.25) is 0 Å². The number of carbonyl (C=O) groups is 3. The van der Waals surface area contributed by atoms with Gasteiger partial charge in [-0.3, -0.25) is 14.5 Å². The van der Waals surface area contributed by atoms with E-state index in [0.29, 0.717) is 5.75 Å². The fourth-order valence-corrected chi connectivity index (χ4v) is 4.49. The number of nitrogens with one attached hydrogen (secondary N) is 1. The van der Waals surface area contributed by atoms with Crippen molar-refractivity contribution >= 4 is 51.9 Å². The number of amides is 2. The van der Waals surface area contributed by atoms with E-state index < -0.39 is 35.0 Å². The molecule has 1 aromatic carbocycles. The summed E-state index contributed by atoms with van der Waals surface area (Å²) in [5.41, 5.74) is 5.11. The number of nitrogens with two attached hydrogens (primary N) is 1. The number of nitrogen functional groups attached to an aromatic ring is 1. The zero-order chi connectivity index (χ0) is 22.1. The number of aliphatic carboxylic acids is 1. The monoisotopic (exact) mass is 464 g/mol. The lowest BCUT2D eigenvalue weighted by Gasteiger charge is -2.48. The average molecular weight is 464 g/mol. The van der Waals surface area contributed by atoms with Crippen LogP contribution in [-0.2, 0) is 14.4 Å². The normalized spacial score (nSPS) is 20.4. The van der Waals surface area contributed by atoms with E-state index in [2.05, 4.69) is 19.8 Å². The molecule has 0 spiro atoms. The number of carbonyl (C=O) groups excluding carboxylic acids is 2. The molecule has 2 aliphatic heterocycles. The van der Waals surface area contributed by atoms with Gasteiger partial charge in [-0.05, 0) is 30.3 Å². The van der Waals surface area contributed by atoms with Gasteiger partial charge in [-0.15, -0.1) is 11.8 Å². The first-order valence-electron chi connectivity index (χ1n) is 8.64. The number of hydrogen-bond donors (Lipinski definition) is 3. The van der Waals surface area contributed by atoms with Gasteiger partial charge in [0.25, 0.3) is 11.8 Å². The molecule has 0 saturated carbocycles. The van der Waals surface area contributed by atoms with Crippen LogP contribution in [0.15, 0.2) is 41.2 Å². The van der Waals surface area contributed by atoms with E-state index in [4.69, 9.17) is 10.6 Å². The van der Waals surface area contributed by atoms with E-state index in [1.165, 1.54) is 30.0 Å². The number of thioether (sulfide) groups is 1. The van der Waals surface area contributed by atoms with Crippen molar-refractivity contribution in [2.24, 2.45) is 5.16 Å². The minimum absolute atomic E-state index is 0.0854. The number of benzene rings is 1. The quantitative estimate of drug-likeness (QED) is 0.312. The van der Waals surface area contributed by atoms with Crippen molar-refractivity contribution in [3.8, 4) is 5.75 Å². The molecule has 31 heavy (non-hydrogen) atoms. The molecule has 1 saturated heterocycles. The van der Waals surface area contributed by atoms with Crippen molar-refractivity contribution in [2.45, 2.75) is 11.4 Å². The van der Waals surface area contributed by atoms with Crippen molar-refractivity contribution in [2.75, 3.05) is 11.5 Å². The Morgan fingerprint density at radius 3 is 2.74 bits per heavy atom. The molecule has 2 amide bonds. The summed E-state index contributed by atoms with van der Waals surface area (Å²) in [6.07, 6.45) is 1.44. The molecule has 0 aliphatic carbocycles. The summed E-state index contributed by atoms with van der Waals surface area (Å²) in [7, 11) is 0. The number of fused-ring (bicyclic) bond motifs is 1. The van der Waals surface area contributed by atoms with Gasteiger partial charge in [0.1, 0.15) is 22.9 Å². The standard InChI is InChI=1S/C17H13FN6O5S2/c18-7-1-3-8(4-2-7)29-22-10(12-21-17(19)31-23-12)13(25)20-11-14(26)24-9(16(27)28)5-6-30-15(11)24/h1-5,11,15H,6H2,(H,20,25)(H,27,28)(H2,19,21,23)/b22-10+. The number of carboxylic acid groups (broad SMARTS) is 1. The SMILES string of the molecule is Nc1nc(/C(=N\Oc2ccc(F)cc2)C(=O)NC2C(=O)N3C(C(=O)O)=CCSC23)ns1. The molecule has 2 aromatic rings. The Bertz CT molecular complexity index is 1120. The fraction of sp³-hybridized carbons (Fsp3) is 0.176. The van der Waals surface area contributed by atoms with Gasteiger partial charge in [0.05, 0.1) is 0 Å². The van der Waals surface area contributed by atoms with Crippen molar-refractivity contribution in [1.82, 2.24) is 19.6 Å².